The zero-order valence-electron chi connectivity index (χ0n) is 13.9. The number of hydrogen-bond donors (Lipinski definition) is 1. The van der Waals surface area contributed by atoms with Crippen LogP contribution in [0.25, 0.3) is 0 Å². The number of halogens is 4. The molecule has 138 valence electrons. The predicted molar refractivity (Wildman–Crippen MR) is 86.0 cm³/mol. The minimum atomic E-state index is -4.25. The Morgan fingerprint density at radius 2 is 1.73 bits per heavy atom. The Bertz CT molecular complexity index is 852. The van der Waals surface area contributed by atoms with Gasteiger partial charge in [-0.25, -0.2) is 13.6 Å². The number of benzene rings is 2. The quantitative estimate of drug-likeness (QED) is 0.635. The summed E-state index contributed by atoms with van der Waals surface area (Å²) in [5.74, 6) is -8.80. The van der Waals surface area contributed by atoms with Crippen molar-refractivity contribution in [3.05, 3.63) is 64.7 Å². The number of esters is 1. The van der Waals surface area contributed by atoms with Crippen LogP contribution in [-0.4, -0.2) is 18.5 Å². The van der Waals surface area contributed by atoms with Crippen LogP contribution in [0.4, 0.5) is 23.2 Å². The number of ether oxygens (including phenoxy) is 1. The average Bonchev–Trinajstić information content (AvgIpc) is 2.58. The van der Waals surface area contributed by atoms with Crippen LogP contribution < -0.4 is 5.32 Å². The lowest BCUT2D eigenvalue weighted by Gasteiger charge is -2.16. The van der Waals surface area contributed by atoms with Gasteiger partial charge in [0.1, 0.15) is 11.6 Å². The van der Waals surface area contributed by atoms with Crippen LogP contribution in [0.2, 0.25) is 0 Å². The summed E-state index contributed by atoms with van der Waals surface area (Å²) in [6.07, 6.45) is 0. The van der Waals surface area contributed by atoms with Crippen molar-refractivity contribution in [3.8, 4) is 0 Å². The van der Waals surface area contributed by atoms with Crippen molar-refractivity contribution in [2.24, 2.45) is 0 Å². The van der Waals surface area contributed by atoms with E-state index in [1.165, 1.54) is 26.0 Å². The molecule has 0 saturated heterocycles. The number of hydrogen-bond acceptors (Lipinski definition) is 3. The number of rotatable bonds is 5. The molecule has 0 aliphatic heterocycles. The molecule has 0 fully saturated rings. The van der Waals surface area contributed by atoms with Gasteiger partial charge in [0.2, 0.25) is 0 Å². The Balaban J connectivity index is 2.31. The van der Waals surface area contributed by atoms with Crippen LogP contribution in [0.1, 0.15) is 28.4 Å². The number of carbonyl (C=O) groups is 2. The monoisotopic (exact) mass is 369 g/mol. The molecule has 0 spiro atoms. The highest BCUT2D eigenvalue weighted by Crippen LogP contribution is 2.32. The normalized spacial score (nSPS) is 11.2. The zero-order valence-corrected chi connectivity index (χ0v) is 13.9. The summed E-state index contributed by atoms with van der Waals surface area (Å²) in [6, 6.07) is 6.01. The minimum Gasteiger partial charge on any atom is -0.461 e. The Morgan fingerprint density at radius 3 is 2.35 bits per heavy atom. The number of alkyl halides is 2. The number of nitrogens with one attached hydrogen (secondary N) is 1. The number of anilines is 1. The van der Waals surface area contributed by atoms with Gasteiger partial charge in [0.15, 0.2) is 0 Å². The third-order valence-electron chi connectivity index (χ3n) is 3.51. The fourth-order valence-corrected chi connectivity index (χ4v) is 2.16. The van der Waals surface area contributed by atoms with E-state index < -0.39 is 35.0 Å². The summed E-state index contributed by atoms with van der Waals surface area (Å²) < 4.78 is 59.4. The first-order chi connectivity index (χ1) is 12.2. The lowest BCUT2D eigenvalue weighted by molar-refractivity contribution is -0.173. The van der Waals surface area contributed by atoms with Crippen molar-refractivity contribution >= 4 is 17.6 Å². The highest BCUT2D eigenvalue weighted by Gasteiger charge is 2.45. The molecule has 0 unspecified atom stereocenters. The summed E-state index contributed by atoms with van der Waals surface area (Å²) in [6.45, 7) is 2.51. The lowest BCUT2D eigenvalue weighted by atomic mass is 10.0. The molecular weight excluding hydrogens is 354 g/mol. The summed E-state index contributed by atoms with van der Waals surface area (Å²) >= 11 is 0. The van der Waals surface area contributed by atoms with E-state index in [2.05, 4.69) is 10.1 Å². The van der Waals surface area contributed by atoms with Crippen LogP contribution in [0.15, 0.2) is 36.4 Å². The fraction of sp³-hybridized carbons (Fsp3) is 0.222. The van der Waals surface area contributed by atoms with Crippen molar-refractivity contribution in [3.63, 3.8) is 0 Å². The molecule has 8 heteroatoms. The molecule has 2 aromatic rings. The van der Waals surface area contributed by atoms with E-state index >= 15 is 0 Å². The third kappa shape index (κ3) is 4.01. The van der Waals surface area contributed by atoms with Crippen molar-refractivity contribution < 1.29 is 31.9 Å². The second-order valence-corrected chi connectivity index (χ2v) is 5.41. The molecule has 2 aromatic carbocycles. The Labute approximate surface area is 146 Å². The van der Waals surface area contributed by atoms with Gasteiger partial charge in [-0.1, -0.05) is 0 Å². The fourth-order valence-electron chi connectivity index (χ4n) is 2.16. The molecule has 0 aliphatic carbocycles. The molecule has 0 saturated carbocycles. The Hall–Kier alpha value is -2.90. The van der Waals surface area contributed by atoms with Crippen LogP contribution in [0.5, 0.6) is 0 Å². The van der Waals surface area contributed by atoms with Crippen LogP contribution in [-0.2, 0) is 15.5 Å². The summed E-state index contributed by atoms with van der Waals surface area (Å²) in [5, 5.41) is 2.39. The van der Waals surface area contributed by atoms with Gasteiger partial charge >= 0.3 is 11.9 Å². The highest BCUT2D eigenvalue weighted by molar-refractivity contribution is 6.04. The zero-order chi connectivity index (χ0) is 19.5. The Morgan fingerprint density at radius 1 is 1.08 bits per heavy atom. The van der Waals surface area contributed by atoms with E-state index in [0.717, 1.165) is 12.1 Å². The molecule has 2 rings (SSSR count). The standard InChI is InChI=1S/C18H15F4NO3/c1-3-26-17(25)18(21,22)13-9-11(4-6-15(13)20)16(24)23-12-5-7-14(19)10(2)8-12/h4-9H,3H2,1-2H3,(H,23,24). The van der Waals surface area contributed by atoms with E-state index in [1.807, 2.05) is 0 Å². The smallest absolute Gasteiger partial charge is 0.382 e. The highest BCUT2D eigenvalue weighted by atomic mass is 19.3. The first-order valence-electron chi connectivity index (χ1n) is 7.59. The second kappa shape index (κ2) is 7.55. The maximum Gasteiger partial charge on any atom is 0.382 e. The van der Waals surface area contributed by atoms with E-state index in [0.29, 0.717) is 12.1 Å². The first kappa shape index (κ1) is 19.4. The molecule has 0 radical (unpaired) electrons. The van der Waals surface area contributed by atoms with Gasteiger partial charge in [-0.05, 0) is 55.8 Å². The SMILES string of the molecule is CCOC(=O)C(F)(F)c1cc(C(=O)Nc2ccc(F)c(C)c2)ccc1F. The molecule has 0 heterocycles. The lowest BCUT2D eigenvalue weighted by Crippen LogP contribution is -2.30. The topological polar surface area (TPSA) is 55.4 Å². The number of amides is 1. The second-order valence-electron chi connectivity index (χ2n) is 5.41. The first-order valence-corrected chi connectivity index (χ1v) is 7.59. The van der Waals surface area contributed by atoms with Gasteiger partial charge in [-0.2, -0.15) is 8.78 Å². The van der Waals surface area contributed by atoms with Crippen molar-refractivity contribution in [1.82, 2.24) is 0 Å². The predicted octanol–water partition coefficient (Wildman–Crippen LogP) is 4.18. The molecule has 4 nitrogen and oxygen atoms in total. The summed E-state index contributed by atoms with van der Waals surface area (Å²) in [5.41, 5.74) is -1.06. The minimum absolute atomic E-state index is 0.233. The maximum absolute atomic E-state index is 14.1. The van der Waals surface area contributed by atoms with Crippen molar-refractivity contribution in [2.45, 2.75) is 19.8 Å². The average molecular weight is 369 g/mol. The van der Waals surface area contributed by atoms with Gasteiger partial charge < -0.3 is 10.1 Å². The molecular formula is C18H15F4NO3. The van der Waals surface area contributed by atoms with Crippen molar-refractivity contribution in [2.75, 3.05) is 11.9 Å². The van der Waals surface area contributed by atoms with Crippen LogP contribution in [0, 0.1) is 18.6 Å². The van der Waals surface area contributed by atoms with Crippen LogP contribution in [0.3, 0.4) is 0 Å². The van der Waals surface area contributed by atoms with E-state index in [1.54, 1.807) is 0 Å². The largest absolute Gasteiger partial charge is 0.461 e. The molecule has 0 atom stereocenters. The number of aryl methyl sites for hydroxylation is 1. The van der Waals surface area contributed by atoms with E-state index in [-0.39, 0.29) is 23.4 Å². The van der Waals surface area contributed by atoms with E-state index in [4.69, 9.17) is 0 Å². The Kier molecular flexibility index (Phi) is 5.64. The number of carbonyl (C=O) groups excluding carboxylic acids is 2. The molecule has 1 amide bonds. The van der Waals surface area contributed by atoms with E-state index in [9.17, 15) is 27.2 Å². The van der Waals surface area contributed by atoms with Gasteiger partial charge in [0.25, 0.3) is 5.91 Å². The van der Waals surface area contributed by atoms with Gasteiger partial charge in [-0.3, -0.25) is 4.79 Å². The summed E-state index contributed by atoms with van der Waals surface area (Å²) in [7, 11) is 0. The molecule has 1 N–H and O–H groups in total. The molecule has 0 aromatic heterocycles. The van der Waals surface area contributed by atoms with Gasteiger partial charge in [-0.15, -0.1) is 0 Å². The molecule has 0 bridgehead atoms. The summed E-state index contributed by atoms with van der Waals surface area (Å²) in [4.78, 5) is 23.6. The maximum atomic E-state index is 14.1. The van der Waals surface area contributed by atoms with Gasteiger partial charge in [0, 0.05) is 11.3 Å². The third-order valence-corrected chi connectivity index (χ3v) is 3.51. The van der Waals surface area contributed by atoms with Crippen LogP contribution >= 0.6 is 0 Å². The van der Waals surface area contributed by atoms with Gasteiger partial charge in [0.05, 0.1) is 12.2 Å². The molecule has 0 aliphatic rings. The molecule has 26 heavy (non-hydrogen) atoms. The van der Waals surface area contributed by atoms with Crippen molar-refractivity contribution in [1.29, 1.82) is 0 Å².